The number of nitrogens with zero attached hydrogens (tertiary/aromatic N) is 2. The molecule has 1 aromatic carbocycles. The average molecular weight is 366 g/mol. The van der Waals surface area contributed by atoms with Gasteiger partial charge in [0.2, 0.25) is 0 Å². The Morgan fingerprint density at radius 3 is 2.81 bits per heavy atom. The average Bonchev–Trinajstić information content (AvgIpc) is 3.08. The lowest BCUT2D eigenvalue weighted by Gasteiger charge is -2.02. The molecular weight excluding hydrogens is 357 g/mol. The van der Waals surface area contributed by atoms with Gasteiger partial charge in [0, 0.05) is 0 Å². The third-order valence-electron chi connectivity index (χ3n) is 2.74. The summed E-state index contributed by atoms with van der Waals surface area (Å²) in [4.78, 5) is 12.6. The number of thiophene rings is 1. The van der Waals surface area contributed by atoms with Crippen molar-refractivity contribution >= 4 is 38.9 Å². The van der Waals surface area contributed by atoms with E-state index in [1.54, 1.807) is 30.5 Å². The molecule has 0 fully saturated rings. The fourth-order valence-electron chi connectivity index (χ4n) is 1.79. The van der Waals surface area contributed by atoms with Crippen LogP contribution in [0, 0.1) is 5.82 Å². The molecule has 3 aromatic rings. The highest BCUT2D eigenvalue weighted by atomic mass is 79.9. The smallest absolute Gasteiger partial charge is 0.265 e. The van der Waals surface area contributed by atoms with Gasteiger partial charge < -0.3 is 5.32 Å². The maximum absolute atomic E-state index is 13.7. The van der Waals surface area contributed by atoms with Crippen LogP contribution >= 0.6 is 27.3 Å². The van der Waals surface area contributed by atoms with Crippen LogP contribution in [0.15, 0.2) is 52.6 Å². The van der Waals surface area contributed by atoms with Crippen LogP contribution in [0.1, 0.15) is 9.67 Å². The standard InChI is InChI=1S/C14H9BrFN3OS/c15-13-6-5-12(21-13)14(20)18-9-7-17-19(8-9)11-4-2-1-3-10(11)16/h1-8H,(H,18,20). The number of carbonyl (C=O) groups is 1. The monoisotopic (exact) mass is 365 g/mol. The van der Waals surface area contributed by atoms with Gasteiger partial charge in [-0.1, -0.05) is 12.1 Å². The first-order chi connectivity index (χ1) is 10.1. The number of halogens is 2. The summed E-state index contributed by atoms with van der Waals surface area (Å²) in [6.45, 7) is 0. The van der Waals surface area contributed by atoms with Crippen LogP contribution in [-0.4, -0.2) is 15.7 Å². The highest BCUT2D eigenvalue weighted by Crippen LogP contribution is 2.23. The van der Waals surface area contributed by atoms with E-state index in [1.807, 2.05) is 6.07 Å². The molecule has 0 aliphatic carbocycles. The molecule has 1 N–H and O–H groups in total. The second kappa shape index (κ2) is 5.79. The second-order valence-electron chi connectivity index (χ2n) is 4.18. The summed E-state index contributed by atoms with van der Waals surface area (Å²) in [7, 11) is 0. The Kier molecular flexibility index (Phi) is 3.85. The van der Waals surface area contributed by atoms with Crippen LogP contribution in [0.25, 0.3) is 5.69 Å². The van der Waals surface area contributed by atoms with E-state index in [4.69, 9.17) is 0 Å². The van der Waals surface area contributed by atoms with Crippen LogP contribution in [-0.2, 0) is 0 Å². The van der Waals surface area contributed by atoms with Gasteiger partial charge in [-0.05, 0) is 40.2 Å². The Bertz CT molecular complexity index is 799. The van der Waals surface area contributed by atoms with Gasteiger partial charge in [0.25, 0.3) is 5.91 Å². The van der Waals surface area contributed by atoms with Crippen LogP contribution in [0.4, 0.5) is 10.1 Å². The van der Waals surface area contributed by atoms with Gasteiger partial charge in [-0.25, -0.2) is 9.07 Å². The molecule has 0 saturated carbocycles. The van der Waals surface area contributed by atoms with Gasteiger partial charge in [-0.2, -0.15) is 5.10 Å². The number of rotatable bonds is 3. The van der Waals surface area contributed by atoms with E-state index in [0.717, 1.165) is 3.79 Å². The summed E-state index contributed by atoms with van der Waals surface area (Å²) < 4.78 is 15.9. The molecule has 3 rings (SSSR count). The van der Waals surface area contributed by atoms with Crippen molar-refractivity contribution in [3.8, 4) is 5.69 Å². The van der Waals surface area contributed by atoms with E-state index >= 15 is 0 Å². The number of nitrogens with one attached hydrogen (secondary N) is 1. The van der Waals surface area contributed by atoms with Crippen LogP contribution in [0.3, 0.4) is 0 Å². The van der Waals surface area contributed by atoms with E-state index in [-0.39, 0.29) is 11.7 Å². The largest absolute Gasteiger partial charge is 0.319 e. The Labute approximate surface area is 132 Å². The van der Waals surface area contributed by atoms with Crippen molar-refractivity contribution in [3.63, 3.8) is 0 Å². The number of hydrogen-bond acceptors (Lipinski definition) is 3. The molecule has 0 bridgehead atoms. The minimum atomic E-state index is -0.374. The summed E-state index contributed by atoms with van der Waals surface area (Å²) in [6, 6.07) is 9.84. The molecule has 0 atom stereocenters. The first-order valence-electron chi connectivity index (χ1n) is 6.00. The number of anilines is 1. The number of amides is 1. The molecule has 2 aromatic heterocycles. The SMILES string of the molecule is O=C(Nc1cnn(-c2ccccc2F)c1)c1ccc(Br)s1. The molecule has 0 unspecified atom stereocenters. The van der Waals surface area contributed by atoms with Crippen molar-refractivity contribution in [2.24, 2.45) is 0 Å². The van der Waals surface area contributed by atoms with Crippen LogP contribution < -0.4 is 5.32 Å². The van der Waals surface area contributed by atoms with E-state index < -0.39 is 0 Å². The lowest BCUT2D eigenvalue weighted by Crippen LogP contribution is -2.09. The zero-order valence-electron chi connectivity index (χ0n) is 10.6. The quantitative estimate of drug-likeness (QED) is 0.759. The Morgan fingerprint density at radius 1 is 1.29 bits per heavy atom. The molecule has 106 valence electrons. The second-order valence-corrected chi connectivity index (χ2v) is 6.65. The Balaban J connectivity index is 1.80. The number of carbonyl (C=O) groups excluding carboxylic acids is 1. The first kappa shape index (κ1) is 14.0. The van der Waals surface area contributed by atoms with Crippen molar-refractivity contribution in [1.82, 2.24) is 9.78 Å². The molecule has 0 aliphatic heterocycles. The van der Waals surface area contributed by atoms with E-state index in [2.05, 4.69) is 26.3 Å². The Hall–Kier alpha value is -1.99. The summed E-state index contributed by atoms with van der Waals surface area (Å²) in [5.74, 6) is -0.598. The zero-order valence-corrected chi connectivity index (χ0v) is 13.0. The van der Waals surface area contributed by atoms with Crippen molar-refractivity contribution in [1.29, 1.82) is 0 Å². The van der Waals surface area contributed by atoms with Crippen molar-refractivity contribution in [2.75, 3.05) is 5.32 Å². The molecule has 4 nitrogen and oxygen atoms in total. The third-order valence-corrected chi connectivity index (χ3v) is 4.36. The normalized spacial score (nSPS) is 10.6. The molecule has 0 radical (unpaired) electrons. The van der Waals surface area contributed by atoms with Gasteiger partial charge in [0.15, 0.2) is 0 Å². The zero-order chi connectivity index (χ0) is 14.8. The van der Waals surface area contributed by atoms with Gasteiger partial charge in [0.05, 0.1) is 26.7 Å². The maximum atomic E-state index is 13.7. The fraction of sp³-hybridized carbons (Fsp3) is 0. The van der Waals surface area contributed by atoms with Gasteiger partial charge >= 0.3 is 0 Å². The third kappa shape index (κ3) is 3.03. The van der Waals surface area contributed by atoms with Crippen molar-refractivity contribution < 1.29 is 9.18 Å². The van der Waals surface area contributed by atoms with Crippen LogP contribution in [0.2, 0.25) is 0 Å². The highest BCUT2D eigenvalue weighted by Gasteiger charge is 2.11. The van der Waals surface area contributed by atoms with Crippen molar-refractivity contribution in [2.45, 2.75) is 0 Å². The molecule has 2 heterocycles. The molecule has 0 saturated heterocycles. The Morgan fingerprint density at radius 2 is 2.10 bits per heavy atom. The van der Waals surface area contributed by atoms with E-state index in [1.165, 1.54) is 28.3 Å². The summed E-state index contributed by atoms with van der Waals surface area (Å²) in [5.41, 5.74) is 0.838. The molecule has 0 aliphatic rings. The number of hydrogen-bond donors (Lipinski definition) is 1. The lowest BCUT2D eigenvalue weighted by molar-refractivity contribution is 0.103. The lowest BCUT2D eigenvalue weighted by atomic mass is 10.3. The molecule has 0 spiro atoms. The predicted octanol–water partition coefficient (Wildman–Crippen LogP) is 4.09. The maximum Gasteiger partial charge on any atom is 0.265 e. The molecule has 1 amide bonds. The van der Waals surface area contributed by atoms with Gasteiger partial charge in [-0.3, -0.25) is 4.79 Å². The van der Waals surface area contributed by atoms with E-state index in [0.29, 0.717) is 16.3 Å². The number of para-hydroxylation sites is 1. The molecule has 21 heavy (non-hydrogen) atoms. The van der Waals surface area contributed by atoms with Crippen molar-refractivity contribution in [3.05, 3.63) is 63.3 Å². The highest BCUT2D eigenvalue weighted by molar-refractivity contribution is 9.11. The number of benzene rings is 1. The van der Waals surface area contributed by atoms with Gasteiger partial charge in [0.1, 0.15) is 11.5 Å². The summed E-state index contributed by atoms with van der Waals surface area (Å²) in [6.07, 6.45) is 3.05. The predicted molar refractivity (Wildman–Crippen MR) is 83.5 cm³/mol. The number of aromatic nitrogens is 2. The molecular formula is C14H9BrFN3OS. The van der Waals surface area contributed by atoms with Crippen LogP contribution in [0.5, 0.6) is 0 Å². The fourth-order valence-corrected chi connectivity index (χ4v) is 3.07. The minimum Gasteiger partial charge on any atom is -0.319 e. The molecule has 7 heteroatoms. The first-order valence-corrected chi connectivity index (χ1v) is 7.61. The summed E-state index contributed by atoms with van der Waals surface area (Å²) in [5, 5.41) is 6.78. The minimum absolute atomic E-state index is 0.223. The summed E-state index contributed by atoms with van der Waals surface area (Å²) >= 11 is 4.65. The topological polar surface area (TPSA) is 46.9 Å². The van der Waals surface area contributed by atoms with E-state index in [9.17, 15) is 9.18 Å². The van der Waals surface area contributed by atoms with Gasteiger partial charge in [-0.15, -0.1) is 11.3 Å².